The van der Waals surface area contributed by atoms with Gasteiger partial charge in [0.1, 0.15) is 0 Å². The van der Waals surface area contributed by atoms with Gasteiger partial charge < -0.3 is 10.1 Å². The van der Waals surface area contributed by atoms with E-state index in [-0.39, 0.29) is 17.2 Å². The maximum Gasteiger partial charge on any atom is 0.414 e. The van der Waals surface area contributed by atoms with Crippen molar-refractivity contribution in [1.82, 2.24) is 14.6 Å². The highest BCUT2D eigenvalue weighted by Gasteiger charge is 2.34. The third-order valence-corrected chi connectivity index (χ3v) is 7.77. The minimum Gasteiger partial charge on any atom is -0.391 e. The van der Waals surface area contributed by atoms with Gasteiger partial charge in [-0.15, -0.1) is 0 Å². The van der Waals surface area contributed by atoms with Crippen molar-refractivity contribution >= 4 is 21.7 Å². The van der Waals surface area contributed by atoms with E-state index in [2.05, 4.69) is 10.3 Å². The summed E-state index contributed by atoms with van der Waals surface area (Å²) in [5.74, 6) is 0.257. The summed E-state index contributed by atoms with van der Waals surface area (Å²) in [6.45, 7) is 0.850. The number of pyridine rings is 1. The molecule has 2 aliphatic carbocycles. The third-order valence-electron chi connectivity index (χ3n) is 5.40. The topological polar surface area (TPSA) is 88.6 Å². The maximum absolute atomic E-state index is 12.7. The lowest BCUT2D eigenvalue weighted by molar-refractivity contribution is 0.198. The molecular weight excluding hydrogens is 366 g/mol. The van der Waals surface area contributed by atoms with Crippen LogP contribution in [0, 0.1) is 0 Å². The Kier molecular flexibility index (Phi) is 5.19. The van der Waals surface area contributed by atoms with Crippen LogP contribution < -0.4 is 10.1 Å². The predicted octanol–water partition coefficient (Wildman–Crippen LogP) is 2.69. The van der Waals surface area contributed by atoms with Crippen LogP contribution in [0.2, 0.25) is 0 Å². The number of amides is 1. The van der Waals surface area contributed by atoms with Crippen LogP contribution in [0.25, 0.3) is 5.57 Å². The molecule has 146 valence electrons. The first kappa shape index (κ1) is 18.4. The van der Waals surface area contributed by atoms with Crippen molar-refractivity contribution in [2.75, 3.05) is 13.1 Å². The number of ether oxygens (including phenoxy) is 1. The molecule has 0 aromatic carbocycles. The summed E-state index contributed by atoms with van der Waals surface area (Å²) in [5.41, 5.74) is 1.71. The van der Waals surface area contributed by atoms with Crippen LogP contribution in [-0.4, -0.2) is 48.2 Å². The average molecular weight is 391 g/mol. The van der Waals surface area contributed by atoms with Crippen LogP contribution in [0.4, 0.5) is 4.79 Å². The first-order valence-corrected chi connectivity index (χ1v) is 11.2. The van der Waals surface area contributed by atoms with Gasteiger partial charge in [-0.1, -0.05) is 25.0 Å². The molecule has 3 aliphatic rings. The molecule has 0 spiro atoms. The van der Waals surface area contributed by atoms with Crippen molar-refractivity contribution in [3.8, 4) is 5.88 Å². The second kappa shape index (κ2) is 7.59. The highest BCUT2D eigenvalue weighted by molar-refractivity contribution is 7.89. The summed E-state index contributed by atoms with van der Waals surface area (Å²) in [5, 5.41) is 2.55. The van der Waals surface area contributed by atoms with E-state index in [1.165, 1.54) is 0 Å². The van der Waals surface area contributed by atoms with Crippen LogP contribution in [0.3, 0.4) is 0 Å². The lowest BCUT2D eigenvalue weighted by Gasteiger charge is -2.28. The van der Waals surface area contributed by atoms with Crippen LogP contribution in [0.15, 0.2) is 24.3 Å². The Labute approximate surface area is 159 Å². The largest absolute Gasteiger partial charge is 0.414 e. The van der Waals surface area contributed by atoms with E-state index in [9.17, 15) is 13.2 Å². The number of carbonyl (C=O) groups is 1. The van der Waals surface area contributed by atoms with Gasteiger partial charge in [0.25, 0.3) is 0 Å². The zero-order valence-electron chi connectivity index (χ0n) is 15.3. The number of rotatable bonds is 5. The fourth-order valence-corrected chi connectivity index (χ4v) is 5.66. The zero-order valence-corrected chi connectivity index (χ0v) is 16.1. The highest BCUT2D eigenvalue weighted by Crippen LogP contribution is 2.30. The third kappa shape index (κ3) is 4.32. The van der Waals surface area contributed by atoms with Crippen molar-refractivity contribution in [3.05, 3.63) is 30.0 Å². The molecule has 27 heavy (non-hydrogen) atoms. The van der Waals surface area contributed by atoms with Gasteiger partial charge in [0.05, 0.1) is 10.9 Å². The summed E-state index contributed by atoms with van der Waals surface area (Å²) in [6, 6.07) is 5.54. The second-order valence-corrected chi connectivity index (χ2v) is 9.67. The Bertz CT molecular complexity index is 842. The quantitative estimate of drug-likeness (QED) is 0.834. The van der Waals surface area contributed by atoms with Gasteiger partial charge in [0, 0.05) is 25.2 Å². The van der Waals surface area contributed by atoms with E-state index >= 15 is 0 Å². The van der Waals surface area contributed by atoms with Crippen molar-refractivity contribution in [1.29, 1.82) is 0 Å². The van der Waals surface area contributed by atoms with Crippen LogP contribution >= 0.6 is 0 Å². The van der Waals surface area contributed by atoms with Crippen molar-refractivity contribution in [2.24, 2.45) is 0 Å². The van der Waals surface area contributed by atoms with Gasteiger partial charge >= 0.3 is 6.09 Å². The molecule has 0 bridgehead atoms. The Balaban J connectivity index is 1.41. The standard InChI is InChI=1S/C19H25N3O4S/c23-19(20-15-8-9-15)26-18-7-3-6-17(21-18)14-10-12-22(13-11-14)27(24,25)16-4-1-2-5-16/h3,6-7,10,15-16H,1-2,4-5,8-9,11-13H2,(H,20,23). The molecule has 1 aliphatic heterocycles. The van der Waals surface area contributed by atoms with E-state index in [0.717, 1.165) is 49.8 Å². The molecular formula is C19H25N3O4S. The number of nitrogens with zero attached hydrogens (tertiary/aromatic N) is 2. The first-order valence-electron chi connectivity index (χ1n) is 9.66. The summed E-state index contributed by atoms with van der Waals surface area (Å²) >= 11 is 0. The highest BCUT2D eigenvalue weighted by atomic mass is 32.2. The lowest BCUT2D eigenvalue weighted by atomic mass is 10.1. The molecule has 2 fully saturated rings. The molecule has 0 saturated heterocycles. The van der Waals surface area contributed by atoms with E-state index < -0.39 is 16.1 Å². The molecule has 4 rings (SSSR count). The summed E-state index contributed by atoms with van der Waals surface area (Å²) in [7, 11) is -3.21. The molecule has 7 nitrogen and oxygen atoms in total. The monoisotopic (exact) mass is 391 g/mol. The van der Waals surface area contributed by atoms with Crippen LogP contribution in [0.5, 0.6) is 5.88 Å². The molecule has 1 amide bonds. The van der Waals surface area contributed by atoms with Gasteiger partial charge in [-0.25, -0.2) is 18.2 Å². The number of aromatic nitrogens is 1. The first-order chi connectivity index (χ1) is 13.0. The van der Waals surface area contributed by atoms with Gasteiger partial charge in [0.2, 0.25) is 15.9 Å². The van der Waals surface area contributed by atoms with E-state index in [0.29, 0.717) is 19.5 Å². The number of carbonyl (C=O) groups excluding carboxylic acids is 1. The number of sulfonamides is 1. The molecule has 0 unspecified atom stereocenters. The molecule has 1 aromatic heterocycles. The molecule has 0 atom stereocenters. The Morgan fingerprint density at radius 3 is 2.63 bits per heavy atom. The fourth-order valence-electron chi connectivity index (χ4n) is 3.68. The zero-order chi connectivity index (χ0) is 18.9. The van der Waals surface area contributed by atoms with Crippen LogP contribution in [0.1, 0.15) is 50.6 Å². The molecule has 2 saturated carbocycles. The van der Waals surface area contributed by atoms with Crippen molar-refractivity contribution < 1.29 is 17.9 Å². The van der Waals surface area contributed by atoms with E-state index in [1.54, 1.807) is 16.4 Å². The van der Waals surface area contributed by atoms with Gasteiger partial charge in [-0.05, 0) is 43.7 Å². The van der Waals surface area contributed by atoms with Gasteiger partial charge in [-0.2, -0.15) is 4.31 Å². The SMILES string of the molecule is O=C(NC1CC1)Oc1cccc(C2=CCN(S(=O)(=O)C3CCCC3)CC2)n1. The maximum atomic E-state index is 12.7. The smallest absolute Gasteiger partial charge is 0.391 e. The summed E-state index contributed by atoms with van der Waals surface area (Å²) in [4.78, 5) is 16.2. The number of hydrogen-bond acceptors (Lipinski definition) is 5. The van der Waals surface area contributed by atoms with E-state index in [4.69, 9.17) is 4.74 Å². The molecule has 1 N–H and O–H groups in total. The molecule has 2 heterocycles. The molecule has 1 aromatic rings. The molecule has 8 heteroatoms. The van der Waals surface area contributed by atoms with Gasteiger partial charge in [0.15, 0.2) is 0 Å². The van der Waals surface area contributed by atoms with E-state index in [1.807, 2.05) is 12.1 Å². The van der Waals surface area contributed by atoms with Crippen LogP contribution in [-0.2, 0) is 10.0 Å². The van der Waals surface area contributed by atoms with Crippen molar-refractivity contribution in [2.45, 2.75) is 56.2 Å². The Morgan fingerprint density at radius 2 is 1.96 bits per heavy atom. The average Bonchev–Trinajstić information content (AvgIpc) is 3.29. The minimum absolute atomic E-state index is 0.215. The number of hydrogen-bond donors (Lipinski definition) is 1. The minimum atomic E-state index is -3.21. The Morgan fingerprint density at radius 1 is 1.19 bits per heavy atom. The normalized spacial score (nSPS) is 21.7. The van der Waals surface area contributed by atoms with Gasteiger partial charge in [-0.3, -0.25) is 0 Å². The summed E-state index contributed by atoms with van der Waals surface area (Å²) < 4.78 is 32.3. The van der Waals surface area contributed by atoms with Crippen molar-refractivity contribution in [3.63, 3.8) is 0 Å². The Hall–Kier alpha value is -1.93. The number of nitrogens with one attached hydrogen (secondary N) is 1. The molecule has 0 radical (unpaired) electrons. The lowest BCUT2D eigenvalue weighted by Crippen LogP contribution is -2.40. The summed E-state index contributed by atoms with van der Waals surface area (Å²) in [6.07, 6.45) is 7.61. The fraction of sp³-hybridized carbons (Fsp3) is 0.579. The predicted molar refractivity (Wildman–Crippen MR) is 102 cm³/mol. The second-order valence-electron chi connectivity index (χ2n) is 7.46.